The molecule has 0 radical (unpaired) electrons. The quantitative estimate of drug-likeness (QED) is 0.623. The molecule has 1 fully saturated rings. The number of ether oxygens (including phenoxy) is 1. The Morgan fingerprint density at radius 2 is 2.06 bits per heavy atom. The Kier molecular flexibility index (Phi) is 5.78. The molecule has 4 rings (SSSR count). The lowest BCUT2D eigenvalue weighted by Crippen LogP contribution is -2.29. The SMILES string of the molecule is Cc1cnc(CN2CC(CC(=O)NC3CC3)c3c(Cl)nc(N)nc32)c(C)c1OC(F)(F)F. The first kappa shape index (κ1) is 22.4. The Morgan fingerprint density at radius 3 is 2.72 bits per heavy atom. The molecule has 1 atom stereocenters. The molecule has 2 aliphatic rings. The summed E-state index contributed by atoms with van der Waals surface area (Å²) in [7, 11) is 0. The highest BCUT2D eigenvalue weighted by Crippen LogP contribution is 2.42. The molecule has 1 aliphatic heterocycles. The largest absolute Gasteiger partial charge is 0.573 e. The fourth-order valence-corrected chi connectivity index (χ4v) is 4.22. The summed E-state index contributed by atoms with van der Waals surface area (Å²) in [5.41, 5.74) is 7.31. The lowest BCUT2D eigenvalue weighted by molar-refractivity contribution is -0.275. The van der Waals surface area contributed by atoms with Crippen LogP contribution in [0.5, 0.6) is 5.75 Å². The molecule has 12 heteroatoms. The van der Waals surface area contributed by atoms with E-state index in [2.05, 4.69) is 25.0 Å². The number of hydrogen-bond donors (Lipinski definition) is 2. The van der Waals surface area contributed by atoms with Gasteiger partial charge in [0.15, 0.2) is 0 Å². The van der Waals surface area contributed by atoms with Crippen LogP contribution in [0.1, 0.15) is 47.6 Å². The minimum absolute atomic E-state index is 0.0310. The normalized spacial score (nSPS) is 17.9. The molecule has 1 aliphatic carbocycles. The highest BCUT2D eigenvalue weighted by molar-refractivity contribution is 6.30. The van der Waals surface area contributed by atoms with Crippen LogP contribution in [-0.4, -0.2) is 39.8 Å². The molecule has 1 saturated carbocycles. The summed E-state index contributed by atoms with van der Waals surface area (Å²) < 4.78 is 42.8. The van der Waals surface area contributed by atoms with Gasteiger partial charge in [0.25, 0.3) is 0 Å². The lowest BCUT2D eigenvalue weighted by Gasteiger charge is -2.21. The number of nitrogens with two attached hydrogens (primary N) is 1. The number of rotatable bonds is 6. The van der Waals surface area contributed by atoms with Gasteiger partial charge in [0.05, 0.1) is 12.2 Å². The van der Waals surface area contributed by atoms with Crippen molar-refractivity contribution in [3.05, 3.63) is 33.7 Å². The number of nitrogens with one attached hydrogen (secondary N) is 1. The Balaban J connectivity index is 1.62. The van der Waals surface area contributed by atoms with Crippen molar-refractivity contribution < 1.29 is 22.7 Å². The number of amides is 1. The molecule has 1 amide bonds. The van der Waals surface area contributed by atoms with Crippen molar-refractivity contribution in [2.75, 3.05) is 17.2 Å². The highest BCUT2D eigenvalue weighted by atomic mass is 35.5. The molecule has 0 aromatic carbocycles. The number of aryl methyl sites for hydroxylation is 1. The van der Waals surface area contributed by atoms with Gasteiger partial charge in [-0.2, -0.15) is 4.98 Å². The van der Waals surface area contributed by atoms with E-state index in [4.69, 9.17) is 17.3 Å². The lowest BCUT2D eigenvalue weighted by atomic mass is 10.00. The van der Waals surface area contributed by atoms with E-state index in [1.807, 2.05) is 0 Å². The third kappa shape index (κ3) is 4.82. The minimum atomic E-state index is -4.82. The first-order valence-electron chi connectivity index (χ1n) is 10.1. The molecular formula is C20H22ClF3N6O2. The van der Waals surface area contributed by atoms with Gasteiger partial charge >= 0.3 is 6.36 Å². The van der Waals surface area contributed by atoms with Gasteiger partial charge in [-0.05, 0) is 26.7 Å². The first-order chi connectivity index (χ1) is 15.0. The van der Waals surface area contributed by atoms with Crippen molar-refractivity contribution in [3.63, 3.8) is 0 Å². The maximum absolute atomic E-state index is 12.9. The number of pyridine rings is 1. The standard InChI is InChI=1S/C20H22ClF3N6O2/c1-9-6-26-13(10(2)16(9)32-20(22,23)24)8-30-7-11(5-14(31)27-12-3-4-12)15-17(21)28-19(25)29-18(15)30/h6,11-12H,3-5,7-8H2,1-2H3,(H,27,31)(H2,25,28,29). The number of aromatic nitrogens is 3. The summed E-state index contributed by atoms with van der Waals surface area (Å²) in [4.78, 5) is 26.8. The number of carbonyl (C=O) groups is 1. The molecule has 2 aromatic rings. The van der Waals surface area contributed by atoms with Crippen LogP contribution in [0.2, 0.25) is 5.15 Å². The highest BCUT2D eigenvalue weighted by Gasteiger charge is 2.37. The van der Waals surface area contributed by atoms with Crippen LogP contribution in [0.3, 0.4) is 0 Å². The van der Waals surface area contributed by atoms with Crippen LogP contribution in [0, 0.1) is 13.8 Å². The Bertz CT molecular complexity index is 1060. The maximum atomic E-state index is 12.9. The summed E-state index contributed by atoms with van der Waals surface area (Å²) in [6.07, 6.45) is -1.35. The van der Waals surface area contributed by atoms with Gasteiger partial charge in [-0.15, -0.1) is 13.2 Å². The Hall–Kier alpha value is -2.82. The van der Waals surface area contributed by atoms with Gasteiger partial charge < -0.3 is 20.7 Å². The average Bonchev–Trinajstić information content (AvgIpc) is 3.42. The van der Waals surface area contributed by atoms with E-state index >= 15 is 0 Å². The van der Waals surface area contributed by atoms with Crippen LogP contribution in [0.15, 0.2) is 6.20 Å². The predicted octanol–water partition coefficient (Wildman–Crippen LogP) is 3.40. The molecule has 1 unspecified atom stereocenters. The zero-order valence-corrected chi connectivity index (χ0v) is 18.2. The Morgan fingerprint density at radius 1 is 1.34 bits per heavy atom. The van der Waals surface area contributed by atoms with Crippen molar-refractivity contribution in [3.8, 4) is 5.75 Å². The number of alkyl halides is 3. The van der Waals surface area contributed by atoms with E-state index < -0.39 is 6.36 Å². The number of hydrogen-bond acceptors (Lipinski definition) is 7. The van der Waals surface area contributed by atoms with Crippen LogP contribution < -0.4 is 20.7 Å². The van der Waals surface area contributed by atoms with Crippen LogP contribution >= 0.6 is 11.6 Å². The van der Waals surface area contributed by atoms with Crippen molar-refractivity contribution in [2.24, 2.45) is 0 Å². The van der Waals surface area contributed by atoms with E-state index in [0.717, 1.165) is 12.8 Å². The second-order valence-electron chi connectivity index (χ2n) is 8.12. The van der Waals surface area contributed by atoms with Crippen LogP contribution in [-0.2, 0) is 11.3 Å². The third-order valence-corrected chi connectivity index (χ3v) is 5.81. The van der Waals surface area contributed by atoms with E-state index in [0.29, 0.717) is 23.6 Å². The third-order valence-electron chi connectivity index (χ3n) is 5.52. The number of anilines is 2. The summed E-state index contributed by atoms with van der Waals surface area (Å²) in [5, 5.41) is 3.11. The molecule has 3 heterocycles. The molecule has 32 heavy (non-hydrogen) atoms. The van der Waals surface area contributed by atoms with Crippen molar-refractivity contribution in [1.29, 1.82) is 0 Å². The second-order valence-corrected chi connectivity index (χ2v) is 8.48. The van der Waals surface area contributed by atoms with Crippen molar-refractivity contribution in [1.82, 2.24) is 20.3 Å². The maximum Gasteiger partial charge on any atom is 0.573 e. The second kappa shape index (κ2) is 8.27. The van der Waals surface area contributed by atoms with Crippen LogP contribution in [0.25, 0.3) is 0 Å². The zero-order chi connectivity index (χ0) is 23.2. The monoisotopic (exact) mass is 470 g/mol. The fraction of sp³-hybridized carbons (Fsp3) is 0.500. The number of nitrogens with zero attached hydrogens (tertiary/aromatic N) is 4. The van der Waals surface area contributed by atoms with E-state index in [9.17, 15) is 18.0 Å². The number of halogens is 4. The summed E-state index contributed by atoms with van der Waals surface area (Å²) in [6, 6.07) is 0.226. The smallest absolute Gasteiger partial charge is 0.405 e. The molecule has 0 bridgehead atoms. The minimum Gasteiger partial charge on any atom is -0.405 e. The van der Waals surface area contributed by atoms with E-state index in [-0.39, 0.29) is 58.8 Å². The average molecular weight is 471 g/mol. The molecule has 3 N–H and O–H groups in total. The van der Waals surface area contributed by atoms with Gasteiger partial charge in [0.2, 0.25) is 11.9 Å². The molecule has 2 aromatic heterocycles. The zero-order valence-electron chi connectivity index (χ0n) is 17.5. The van der Waals surface area contributed by atoms with Crippen LogP contribution in [0.4, 0.5) is 24.9 Å². The number of carbonyl (C=O) groups excluding carboxylic acids is 1. The molecule has 0 saturated heterocycles. The van der Waals surface area contributed by atoms with Gasteiger partial charge in [-0.25, -0.2) is 4.98 Å². The molecular weight excluding hydrogens is 449 g/mol. The van der Waals surface area contributed by atoms with Crippen molar-refractivity contribution in [2.45, 2.75) is 58.0 Å². The summed E-state index contributed by atoms with van der Waals surface area (Å²) in [6.45, 7) is 3.53. The van der Waals surface area contributed by atoms with Gasteiger partial charge in [0.1, 0.15) is 16.7 Å². The first-order valence-corrected chi connectivity index (χ1v) is 10.5. The molecule has 8 nitrogen and oxygen atoms in total. The van der Waals surface area contributed by atoms with E-state index in [1.54, 1.807) is 4.90 Å². The van der Waals surface area contributed by atoms with Gasteiger partial charge in [-0.3, -0.25) is 9.78 Å². The number of fused-ring (bicyclic) bond motifs is 1. The summed E-state index contributed by atoms with van der Waals surface area (Å²) >= 11 is 6.34. The Labute approximate surface area is 187 Å². The van der Waals surface area contributed by atoms with Gasteiger partial charge in [-0.1, -0.05) is 11.6 Å². The number of nitrogen functional groups attached to an aromatic ring is 1. The van der Waals surface area contributed by atoms with Gasteiger partial charge in [0, 0.05) is 47.8 Å². The predicted molar refractivity (Wildman–Crippen MR) is 111 cm³/mol. The topological polar surface area (TPSA) is 106 Å². The molecule has 0 spiro atoms. The van der Waals surface area contributed by atoms with Crippen molar-refractivity contribution >= 4 is 29.3 Å². The molecule has 172 valence electrons. The summed E-state index contributed by atoms with van der Waals surface area (Å²) in [5.74, 6) is -0.233. The van der Waals surface area contributed by atoms with E-state index in [1.165, 1.54) is 20.0 Å². The fourth-order valence-electron chi connectivity index (χ4n) is 3.90.